The van der Waals surface area contributed by atoms with Gasteiger partial charge >= 0.3 is 0 Å². The summed E-state index contributed by atoms with van der Waals surface area (Å²) >= 11 is 4.99. The number of aromatic nitrogens is 1. The number of thioether (sulfide) groups is 1. The van der Waals surface area contributed by atoms with E-state index in [4.69, 9.17) is 4.98 Å². The number of allylic oxidation sites excluding steroid dienone is 1. The van der Waals surface area contributed by atoms with Crippen LogP contribution in [0.4, 0.5) is 0 Å². The fourth-order valence-corrected chi connectivity index (χ4v) is 5.14. The van der Waals surface area contributed by atoms with E-state index < -0.39 is 0 Å². The molecule has 24 heavy (non-hydrogen) atoms. The van der Waals surface area contributed by atoms with Crippen molar-refractivity contribution in [2.45, 2.75) is 17.9 Å². The van der Waals surface area contributed by atoms with E-state index in [1.807, 2.05) is 12.3 Å². The number of rotatable bonds is 3. The highest BCUT2D eigenvalue weighted by molar-refractivity contribution is 7.98. The SMILES string of the molecule is CSc1nc2c(c(-c3cccs3)c1C#N)CC/C2=C\c1cccs1. The second-order valence-electron chi connectivity index (χ2n) is 5.47. The van der Waals surface area contributed by atoms with Crippen LogP contribution < -0.4 is 0 Å². The molecule has 0 N–H and O–H groups in total. The molecule has 3 heterocycles. The van der Waals surface area contributed by atoms with E-state index in [-0.39, 0.29) is 0 Å². The summed E-state index contributed by atoms with van der Waals surface area (Å²) in [5.74, 6) is 0. The van der Waals surface area contributed by atoms with Crippen molar-refractivity contribution in [3.8, 4) is 16.5 Å². The molecule has 0 fully saturated rings. The van der Waals surface area contributed by atoms with Crippen molar-refractivity contribution in [3.05, 3.63) is 56.7 Å². The molecule has 0 saturated carbocycles. The highest BCUT2D eigenvalue weighted by Gasteiger charge is 2.27. The van der Waals surface area contributed by atoms with Crippen LogP contribution in [-0.2, 0) is 6.42 Å². The summed E-state index contributed by atoms with van der Waals surface area (Å²) in [7, 11) is 0. The summed E-state index contributed by atoms with van der Waals surface area (Å²) in [4.78, 5) is 7.28. The van der Waals surface area contributed by atoms with Crippen molar-refractivity contribution in [2.24, 2.45) is 0 Å². The molecule has 1 aliphatic carbocycles. The van der Waals surface area contributed by atoms with E-state index in [1.165, 1.54) is 16.0 Å². The van der Waals surface area contributed by atoms with Crippen molar-refractivity contribution >= 4 is 46.1 Å². The Bertz CT molecular complexity index is 946. The average molecular weight is 367 g/mol. The molecule has 3 aromatic rings. The molecule has 2 nitrogen and oxygen atoms in total. The lowest BCUT2D eigenvalue weighted by atomic mass is 10.0. The highest BCUT2D eigenvalue weighted by Crippen LogP contribution is 2.43. The molecule has 4 rings (SSSR count). The zero-order valence-electron chi connectivity index (χ0n) is 13.1. The lowest BCUT2D eigenvalue weighted by Crippen LogP contribution is -1.99. The van der Waals surface area contributed by atoms with Crippen LogP contribution in [0.5, 0.6) is 0 Å². The van der Waals surface area contributed by atoms with Crippen molar-refractivity contribution in [2.75, 3.05) is 6.26 Å². The van der Waals surface area contributed by atoms with Gasteiger partial charge in [0.05, 0.1) is 11.3 Å². The first-order valence-corrected chi connectivity index (χ1v) is 10.6. The van der Waals surface area contributed by atoms with Crippen LogP contribution in [0.1, 0.15) is 28.1 Å². The van der Waals surface area contributed by atoms with Gasteiger partial charge in [-0.15, -0.1) is 34.4 Å². The molecule has 1 aliphatic rings. The summed E-state index contributed by atoms with van der Waals surface area (Å²) in [6.07, 6.45) is 6.18. The minimum atomic E-state index is 0.723. The second kappa shape index (κ2) is 6.56. The minimum absolute atomic E-state index is 0.723. The van der Waals surface area contributed by atoms with Gasteiger partial charge in [-0.05, 0) is 59.2 Å². The van der Waals surface area contributed by atoms with Gasteiger partial charge in [-0.2, -0.15) is 5.26 Å². The normalized spacial score (nSPS) is 14.8. The molecular weight excluding hydrogens is 352 g/mol. The van der Waals surface area contributed by atoms with Gasteiger partial charge in [0.2, 0.25) is 0 Å². The molecule has 0 unspecified atom stereocenters. The predicted molar refractivity (Wildman–Crippen MR) is 105 cm³/mol. The van der Waals surface area contributed by atoms with Gasteiger partial charge in [0.15, 0.2) is 0 Å². The summed E-state index contributed by atoms with van der Waals surface area (Å²) in [6.45, 7) is 0. The van der Waals surface area contributed by atoms with Gasteiger partial charge in [-0.1, -0.05) is 12.1 Å². The van der Waals surface area contributed by atoms with E-state index in [2.05, 4.69) is 41.1 Å². The van der Waals surface area contributed by atoms with Crippen LogP contribution in [0.2, 0.25) is 0 Å². The second-order valence-corrected chi connectivity index (χ2v) is 8.19. The Morgan fingerprint density at radius 3 is 2.71 bits per heavy atom. The molecule has 0 aromatic carbocycles. The van der Waals surface area contributed by atoms with Crippen molar-refractivity contribution in [1.29, 1.82) is 5.26 Å². The third-order valence-corrected chi connectivity index (χ3v) is 6.53. The summed E-state index contributed by atoms with van der Waals surface area (Å²) in [5.41, 5.74) is 5.41. The third kappa shape index (κ3) is 2.61. The fraction of sp³-hybridized carbons (Fsp3) is 0.158. The lowest BCUT2D eigenvalue weighted by Gasteiger charge is -2.12. The molecule has 0 radical (unpaired) electrons. The smallest absolute Gasteiger partial charge is 0.115 e. The summed E-state index contributed by atoms with van der Waals surface area (Å²) in [5, 5.41) is 14.7. The van der Waals surface area contributed by atoms with E-state index in [0.29, 0.717) is 0 Å². The number of nitriles is 1. The Hall–Kier alpha value is -1.87. The maximum atomic E-state index is 9.72. The van der Waals surface area contributed by atoms with Crippen LogP contribution in [0.25, 0.3) is 22.1 Å². The zero-order chi connectivity index (χ0) is 16.5. The van der Waals surface area contributed by atoms with Gasteiger partial charge in [-0.25, -0.2) is 4.98 Å². The molecule has 0 aliphatic heterocycles. The summed E-state index contributed by atoms with van der Waals surface area (Å²) in [6, 6.07) is 10.8. The Balaban J connectivity index is 1.96. The van der Waals surface area contributed by atoms with E-state index >= 15 is 0 Å². The van der Waals surface area contributed by atoms with Gasteiger partial charge in [0.1, 0.15) is 11.1 Å². The van der Waals surface area contributed by atoms with Gasteiger partial charge in [0.25, 0.3) is 0 Å². The first-order valence-electron chi connectivity index (χ1n) is 7.61. The zero-order valence-corrected chi connectivity index (χ0v) is 15.5. The standard InChI is InChI=1S/C19H14N2S3/c1-22-19-15(11-20)17(16-5-3-9-24-16)14-7-6-12(18(14)21-19)10-13-4-2-8-23-13/h2-5,8-10H,6-7H2,1H3/b12-10+. The molecular formula is C19H14N2S3. The first-order chi connectivity index (χ1) is 11.8. The van der Waals surface area contributed by atoms with Crippen LogP contribution >= 0.6 is 34.4 Å². The topological polar surface area (TPSA) is 36.7 Å². The number of hydrogen-bond acceptors (Lipinski definition) is 5. The number of nitrogens with zero attached hydrogens (tertiary/aromatic N) is 2. The molecule has 0 bridgehead atoms. The molecule has 118 valence electrons. The molecule has 0 atom stereocenters. The Morgan fingerprint density at radius 1 is 1.21 bits per heavy atom. The van der Waals surface area contributed by atoms with Gasteiger partial charge in [-0.3, -0.25) is 0 Å². The number of thiophene rings is 2. The molecule has 5 heteroatoms. The monoisotopic (exact) mass is 366 g/mol. The van der Waals surface area contributed by atoms with E-state index in [0.717, 1.165) is 39.6 Å². The van der Waals surface area contributed by atoms with E-state index in [9.17, 15) is 5.26 Å². The number of fused-ring (bicyclic) bond motifs is 1. The van der Waals surface area contributed by atoms with Crippen molar-refractivity contribution in [3.63, 3.8) is 0 Å². The largest absolute Gasteiger partial charge is 0.240 e. The maximum Gasteiger partial charge on any atom is 0.115 e. The van der Waals surface area contributed by atoms with Gasteiger partial charge < -0.3 is 0 Å². The van der Waals surface area contributed by atoms with Crippen LogP contribution in [0.15, 0.2) is 40.1 Å². The van der Waals surface area contributed by atoms with Gasteiger partial charge in [0, 0.05) is 15.3 Å². The fourth-order valence-electron chi connectivity index (χ4n) is 3.12. The van der Waals surface area contributed by atoms with Crippen LogP contribution in [0, 0.1) is 11.3 Å². The molecule has 0 amide bonds. The lowest BCUT2D eigenvalue weighted by molar-refractivity contribution is 1.05. The van der Waals surface area contributed by atoms with Crippen molar-refractivity contribution in [1.82, 2.24) is 4.98 Å². The summed E-state index contributed by atoms with van der Waals surface area (Å²) < 4.78 is 0. The maximum absolute atomic E-state index is 9.72. The number of pyridine rings is 1. The van der Waals surface area contributed by atoms with Crippen LogP contribution in [-0.4, -0.2) is 11.2 Å². The van der Waals surface area contributed by atoms with Crippen LogP contribution in [0.3, 0.4) is 0 Å². The Kier molecular flexibility index (Phi) is 4.28. The van der Waals surface area contributed by atoms with Crippen molar-refractivity contribution < 1.29 is 0 Å². The Morgan fingerprint density at radius 2 is 2.04 bits per heavy atom. The number of hydrogen-bond donors (Lipinski definition) is 0. The molecule has 0 saturated heterocycles. The molecule has 0 spiro atoms. The van der Waals surface area contributed by atoms with E-state index in [1.54, 1.807) is 34.4 Å². The minimum Gasteiger partial charge on any atom is -0.240 e. The highest BCUT2D eigenvalue weighted by atomic mass is 32.2. The average Bonchev–Trinajstić information content (AvgIpc) is 3.36. The first kappa shape index (κ1) is 15.6. The third-order valence-electron chi connectivity index (χ3n) is 4.15. The Labute approximate surface area is 153 Å². The molecule has 3 aromatic heterocycles. The predicted octanol–water partition coefficient (Wildman–Crippen LogP) is 5.95. The quantitative estimate of drug-likeness (QED) is 0.537.